The minimum Gasteiger partial charge on any atom is -0.411 e. The van der Waals surface area contributed by atoms with E-state index in [1.54, 1.807) is 0 Å². The molecule has 18 heavy (non-hydrogen) atoms. The van der Waals surface area contributed by atoms with E-state index < -0.39 is 0 Å². The molecule has 3 rings (SSSR count). The molecule has 1 saturated carbocycles. The van der Waals surface area contributed by atoms with Gasteiger partial charge in [0, 0.05) is 31.4 Å². The average molecular weight is 245 g/mol. The van der Waals surface area contributed by atoms with Crippen LogP contribution in [0.4, 0.5) is 5.82 Å². The molecule has 1 aliphatic carbocycles. The summed E-state index contributed by atoms with van der Waals surface area (Å²) in [5.41, 5.74) is 2.27. The lowest BCUT2D eigenvalue weighted by Crippen LogP contribution is -2.23. The molecule has 1 aliphatic heterocycles. The first-order valence-corrected chi connectivity index (χ1v) is 6.71. The fourth-order valence-electron chi connectivity index (χ4n) is 2.91. The number of hydrogen-bond donors (Lipinski definition) is 1. The summed E-state index contributed by atoms with van der Waals surface area (Å²) in [7, 11) is 0. The van der Waals surface area contributed by atoms with Crippen molar-refractivity contribution in [2.75, 3.05) is 18.0 Å². The lowest BCUT2D eigenvalue weighted by atomic mass is 10.1. The van der Waals surface area contributed by atoms with E-state index in [2.05, 4.69) is 29.1 Å². The second kappa shape index (κ2) is 4.59. The molecule has 1 N–H and O–H groups in total. The van der Waals surface area contributed by atoms with Crippen LogP contribution in [0.3, 0.4) is 0 Å². The first kappa shape index (κ1) is 11.5. The van der Waals surface area contributed by atoms with Gasteiger partial charge in [0.25, 0.3) is 0 Å². The molecule has 2 atom stereocenters. The van der Waals surface area contributed by atoms with E-state index in [1.807, 2.05) is 0 Å². The van der Waals surface area contributed by atoms with Crippen LogP contribution < -0.4 is 4.90 Å². The molecular weight excluding hydrogens is 226 g/mol. The number of aromatic nitrogens is 1. The summed E-state index contributed by atoms with van der Waals surface area (Å²) in [6.45, 7) is 4.48. The monoisotopic (exact) mass is 245 g/mol. The van der Waals surface area contributed by atoms with Crippen molar-refractivity contribution in [1.82, 2.24) is 4.98 Å². The summed E-state index contributed by atoms with van der Waals surface area (Å²) in [5, 5.41) is 11.6. The molecule has 2 heterocycles. The zero-order valence-corrected chi connectivity index (χ0v) is 10.7. The van der Waals surface area contributed by atoms with Gasteiger partial charge in [-0.05, 0) is 36.3 Å². The number of aryl methyl sites for hydroxylation is 1. The molecule has 2 unspecified atom stereocenters. The van der Waals surface area contributed by atoms with Crippen molar-refractivity contribution < 1.29 is 5.21 Å². The lowest BCUT2D eigenvalue weighted by molar-refractivity contribution is 0.321. The third kappa shape index (κ3) is 2.07. The topological polar surface area (TPSA) is 48.7 Å². The van der Waals surface area contributed by atoms with Crippen molar-refractivity contribution in [2.45, 2.75) is 26.2 Å². The van der Waals surface area contributed by atoms with E-state index in [-0.39, 0.29) is 0 Å². The van der Waals surface area contributed by atoms with Gasteiger partial charge >= 0.3 is 0 Å². The predicted molar refractivity (Wildman–Crippen MR) is 71.4 cm³/mol. The Balaban J connectivity index is 1.79. The fraction of sp³-hybridized carbons (Fsp3) is 0.571. The van der Waals surface area contributed by atoms with Crippen LogP contribution in [-0.4, -0.2) is 29.5 Å². The van der Waals surface area contributed by atoms with Crippen molar-refractivity contribution in [3.63, 3.8) is 0 Å². The van der Waals surface area contributed by atoms with Gasteiger partial charge in [-0.2, -0.15) is 0 Å². The molecular formula is C14H19N3O. The standard InChI is InChI=1S/C14H19N3O/c1-2-13-10(5-6-15-18)3-4-14(16-13)17-8-11-7-12(11)9-17/h3-4,6,11-12,18H,2,5,7-9H2,1H3/b15-6-. The van der Waals surface area contributed by atoms with Crippen LogP contribution in [-0.2, 0) is 12.8 Å². The minimum absolute atomic E-state index is 0.651. The summed E-state index contributed by atoms with van der Waals surface area (Å²) in [5.74, 6) is 2.97. The Labute approximate surface area is 107 Å². The number of pyridine rings is 1. The Bertz CT molecular complexity index is 462. The molecule has 0 bridgehead atoms. The van der Waals surface area contributed by atoms with Crippen LogP contribution in [0.5, 0.6) is 0 Å². The summed E-state index contributed by atoms with van der Waals surface area (Å²) >= 11 is 0. The van der Waals surface area contributed by atoms with Crippen LogP contribution in [0.1, 0.15) is 24.6 Å². The molecule has 1 saturated heterocycles. The third-order valence-electron chi connectivity index (χ3n) is 4.08. The number of piperidine rings is 1. The van der Waals surface area contributed by atoms with Crippen molar-refractivity contribution in [3.8, 4) is 0 Å². The molecule has 4 heteroatoms. The lowest BCUT2D eigenvalue weighted by Gasteiger charge is -2.20. The normalized spacial score (nSPS) is 25.7. The summed E-state index contributed by atoms with van der Waals surface area (Å²) < 4.78 is 0. The van der Waals surface area contributed by atoms with E-state index in [4.69, 9.17) is 10.2 Å². The second-order valence-corrected chi connectivity index (χ2v) is 5.29. The highest BCUT2D eigenvalue weighted by atomic mass is 16.4. The maximum atomic E-state index is 8.49. The molecule has 96 valence electrons. The van der Waals surface area contributed by atoms with E-state index >= 15 is 0 Å². The molecule has 0 spiro atoms. The van der Waals surface area contributed by atoms with Crippen LogP contribution in [0.25, 0.3) is 0 Å². The SMILES string of the molecule is CCc1nc(N2CC3CC3C2)ccc1C/C=N\O. The van der Waals surface area contributed by atoms with Crippen LogP contribution in [0.2, 0.25) is 0 Å². The second-order valence-electron chi connectivity index (χ2n) is 5.29. The first-order chi connectivity index (χ1) is 8.81. The Morgan fingerprint density at radius 1 is 1.44 bits per heavy atom. The maximum Gasteiger partial charge on any atom is 0.128 e. The molecule has 1 aromatic rings. The molecule has 0 amide bonds. The van der Waals surface area contributed by atoms with E-state index in [9.17, 15) is 0 Å². The van der Waals surface area contributed by atoms with E-state index in [0.29, 0.717) is 6.42 Å². The zero-order chi connectivity index (χ0) is 12.5. The Morgan fingerprint density at radius 3 is 2.89 bits per heavy atom. The average Bonchev–Trinajstić information content (AvgIpc) is 3.02. The van der Waals surface area contributed by atoms with E-state index in [1.165, 1.54) is 25.7 Å². The highest BCUT2D eigenvalue weighted by Crippen LogP contribution is 2.45. The Morgan fingerprint density at radius 2 is 2.22 bits per heavy atom. The summed E-state index contributed by atoms with van der Waals surface area (Å²) in [6, 6.07) is 4.22. The predicted octanol–water partition coefficient (Wildman–Crippen LogP) is 2.10. The van der Waals surface area contributed by atoms with Crippen LogP contribution in [0, 0.1) is 11.8 Å². The fourth-order valence-corrected chi connectivity index (χ4v) is 2.91. The van der Waals surface area contributed by atoms with Crippen molar-refractivity contribution in [2.24, 2.45) is 17.0 Å². The highest BCUT2D eigenvalue weighted by Gasteiger charge is 2.45. The van der Waals surface area contributed by atoms with Gasteiger partial charge in [-0.25, -0.2) is 4.98 Å². The number of hydrogen-bond acceptors (Lipinski definition) is 4. The quantitative estimate of drug-likeness (QED) is 0.502. The van der Waals surface area contributed by atoms with Crippen molar-refractivity contribution in [1.29, 1.82) is 0 Å². The molecule has 0 radical (unpaired) electrons. The smallest absolute Gasteiger partial charge is 0.128 e. The van der Waals surface area contributed by atoms with Gasteiger partial charge in [0.1, 0.15) is 5.82 Å². The molecule has 2 fully saturated rings. The number of rotatable bonds is 4. The van der Waals surface area contributed by atoms with Crippen LogP contribution in [0.15, 0.2) is 17.3 Å². The maximum absolute atomic E-state index is 8.49. The van der Waals surface area contributed by atoms with Crippen molar-refractivity contribution >= 4 is 12.0 Å². The number of oxime groups is 1. The molecule has 1 aromatic heterocycles. The summed E-state index contributed by atoms with van der Waals surface area (Å²) in [4.78, 5) is 7.17. The summed E-state index contributed by atoms with van der Waals surface area (Å²) in [6.07, 6.45) is 4.50. The van der Waals surface area contributed by atoms with Gasteiger partial charge in [-0.3, -0.25) is 0 Å². The zero-order valence-electron chi connectivity index (χ0n) is 10.7. The number of fused-ring (bicyclic) bond motifs is 1. The highest BCUT2D eigenvalue weighted by molar-refractivity contribution is 5.61. The Hall–Kier alpha value is -1.58. The molecule has 4 nitrogen and oxygen atoms in total. The van der Waals surface area contributed by atoms with E-state index in [0.717, 1.165) is 35.3 Å². The van der Waals surface area contributed by atoms with Crippen LogP contribution >= 0.6 is 0 Å². The first-order valence-electron chi connectivity index (χ1n) is 6.71. The third-order valence-corrected chi connectivity index (χ3v) is 4.08. The van der Waals surface area contributed by atoms with Crippen molar-refractivity contribution in [3.05, 3.63) is 23.4 Å². The van der Waals surface area contributed by atoms with Gasteiger partial charge < -0.3 is 10.1 Å². The van der Waals surface area contributed by atoms with Gasteiger partial charge in [0.2, 0.25) is 0 Å². The minimum atomic E-state index is 0.651. The number of anilines is 1. The van der Waals surface area contributed by atoms with Gasteiger partial charge in [0.05, 0.1) is 0 Å². The largest absolute Gasteiger partial charge is 0.411 e. The van der Waals surface area contributed by atoms with Gasteiger partial charge in [-0.15, -0.1) is 5.16 Å². The van der Waals surface area contributed by atoms with Gasteiger partial charge in [0.15, 0.2) is 0 Å². The molecule has 0 aromatic carbocycles. The number of nitrogens with zero attached hydrogens (tertiary/aromatic N) is 3. The Kier molecular flexibility index (Phi) is 2.94. The van der Waals surface area contributed by atoms with Gasteiger partial charge in [-0.1, -0.05) is 13.0 Å². The molecule has 2 aliphatic rings.